The second kappa shape index (κ2) is 3.90. The van der Waals surface area contributed by atoms with Crippen LogP contribution in [0.4, 0.5) is 0 Å². The maximum Gasteiger partial charge on any atom is 0.182 e. The number of aryl methyl sites for hydroxylation is 2. The molecule has 0 aliphatic rings. The molecule has 0 N–H and O–H groups in total. The molecule has 0 aromatic carbocycles. The van der Waals surface area contributed by atoms with Crippen molar-refractivity contribution in [3.8, 4) is 6.07 Å². The fraction of sp³-hybridized carbons (Fsp3) is 0.500. The van der Waals surface area contributed by atoms with E-state index in [0.29, 0.717) is 6.54 Å². The zero-order valence-corrected chi connectivity index (χ0v) is 9.66. The van der Waals surface area contributed by atoms with Crippen LogP contribution in [0.1, 0.15) is 25.2 Å². The Kier molecular flexibility index (Phi) is 2.99. The van der Waals surface area contributed by atoms with Gasteiger partial charge in [-0.05, 0) is 27.7 Å². The summed E-state index contributed by atoms with van der Waals surface area (Å²) in [5.74, 6) is 0. The Hall–Kier alpha value is -1.56. The molecule has 0 saturated heterocycles. The van der Waals surface area contributed by atoms with E-state index in [-0.39, 0.29) is 5.43 Å². The number of nitrogens with zero attached hydrogens (tertiary/aromatic N) is 2. The lowest BCUT2D eigenvalue weighted by Crippen LogP contribution is -2.22. The summed E-state index contributed by atoms with van der Waals surface area (Å²) < 4.78 is 2.00. The minimum absolute atomic E-state index is 0.0241. The van der Waals surface area contributed by atoms with Crippen molar-refractivity contribution < 1.29 is 0 Å². The first-order valence-corrected chi connectivity index (χ1v) is 4.95. The van der Waals surface area contributed by atoms with Crippen LogP contribution in [0.3, 0.4) is 0 Å². The fourth-order valence-corrected chi connectivity index (χ4v) is 1.57. The van der Waals surface area contributed by atoms with Crippen LogP contribution in [0.25, 0.3) is 0 Å². The van der Waals surface area contributed by atoms with Gasteiger partial charge < -0.3 is 4.57 Å². The smallest absolute Gasteiger partial charge is 0.182 e. The van der Waals surface area contributed by atoms with Crippen LogP contribution < -0.4 is 5.43 Å². The average molecular weight is 204 g/mol. The highest BCUT2D eigenvalue weighted by atomic mass is 16.1. The van der Waals surface area contributed by atoms with Crippen LogP contribution in [0.15, 0.2) is 16.9 Å². The molecule has 1 aromatic rings. The Morgan fingerprint density at radius 2 is 1.80 bits per heavy atom. The number of hydrogen-bond donors (Lipinski definition) is 0. The van der Waals surface area contributed by atoms with Gasteiger partial charge in [0.15, 0.2) is 5.43 Å². The van der Waals surface area contributed by atoms with Gasteiger partial charge in [0.05, 0.1) is 11.5 Å². The molecule has 0 radical (unpaired) electrons. The van der Waals surface area contributed by atoms with Crippen molar-refractivity contribution >= 4 is 0 Å². The van der Waals surface area contributed by atoms with Crippen molar-refractivity contribution in [1.82, 2.24) is 4.57 Å². The van der Waals surface area contributed by atoms with E-state index in [1.807, 2.05) is 32.3 Å². The molecule has 0 amide bonds. The van der Waals surface area contributed by atoms with Crippen molar-refractivity contribution in [2.24, 2.45) is 5.41 Å². The Balaban J connectivity index is 3.18. The highest BCUT2D eigenvalue weighted by Gasteiger charge is 2.18. The second-order valence-electron chi connectivity index (χ2n) is 4.56. The van der Waals surface area contributed by atoms with Gasteiger partial charge in [-0.15, -0.1) is 0 Å². The van der Waals surface area contributed by atoms with Gasteiger partial charge in [-0.1, -0.05) is 0 Å². The summed E-state index contributed by atoms with van der Waals surface area (Å²) in [6.45, 7) is 8.18. The Morgan fingerprint density at radius 1 is 1.33 bits per heavy atom. The molecule has 0 atom stereocenters. The highest BCUT2D eigenvalue weighted by molar-refractivity contribution is 5.13. The highest BCUT2D eigenvalue weighted by Crippen LogP contribution is 2.18. The first-order valence-electron chi connectivity index (χ1n) is 4.95. The van der Waals surface area contributed by atoms with Crippen LogP contribution >= 0.6 is 0 Å². The Morgan fingerprint density at radius 3 is 2.20 bits per heavy atom. The number of nitriles is 1. The van der Waals surface area contributed by atoms with Crippen molar-refractivity contribution in [3.05, 3.63) is 33.7 Å². The van der Waals surface area contributed by atoms with Gasteiger partial charge in [0.25, 0.3) is 0 Å². The van der Waals surface area contributed by atoms with Crippen molar-refractivity contribution in [1.29, 1.82) is 5.26 Å². The van der Waals surface area contributed by atoms with Gasteiger partial charge >= 0.3 is 0 Å². The first kappa shape index (κ1) is 11.5. The predicted octanol–water partition coefficient (Wildman–Crippen LogP) is 2.01. The molecular weight excluding hydrogens is 188 g/mol. The van der Waals surface area contributed by atoms with Crippen LogP contribution in [-0.2, 0) is 6.54 Å². The zero-order valence-electron chi connectivity index (χ0n) is 9.66. The molecule has 0 spiro atoms. The minimum atomic E-state index is -0.412. The second-order valence-corrected chi connectivity index (χ2v) is 4.56. The monoisotopic (exact) mass is 204 g/mol. The standard InChI is InChI=1S/C12H16N2O/c1-9-5-11(15)6-10(2)14(9)8-12(3,4)7-13/h5-6H,8H2,1-4H3. The van der Waals surface area contributed by atoms with Crippen LogP contribution in [0.5, 0.6) is 0 Å². The number of hydrogen-bond acceptors (Lipinski definition) is 2. The van der Waals surface area contributed by atoms with E-state index in [2.05, 4.69) is 6.07 Å². The molecule has 0 saturated carbocycles. The van der Waals surface area contributed by atoms with Gasteiger partial charge in [0.2, 0.25) is 0 Å². The molecule has 80 valence electrons. The zero-order chi connectivity index (χ0) is 11.6. The summed E-state index contributed by atoms with van der Waals surface area (Å²) in [6, 6.07) is 5.46. The predicted molar refractivity (Wildman–Crippen MR) is 59.6 cm³/mol. The lowest BCUT2D eigenvalue weighted by atomic mass is 9.95. The molecule has 1 aromatic heterocycles. The van der Waals surface area contributed by atoms with Crippen LogP contribution in [-0.4, -0.2) is 4.57 Å². The molecule has 15 heavy (non-hydrogen) atoms. The maximum absolute atomic E-state index is 11.2. The third-order valence-corrected chi connectivity index (χ3v) is 2.41. The van der Waals surface area contributed by atoms with E-state index >= 15 is 0 Å². The van der Waals surface area contributed by atoms with Gasteiger partial charge in [0.1, 0.15) is 0 Å². The molecule has 0 fully saturated rings. The molecule has 3 heteroatoms. The molecule has 1 rings (SSSR count). The van der Waals surface area contributed by atoms with Crippen molar-refractivity contribution in [3.63, 3.8) is 0 Å². The SMILES string of the molecule is Cc1cc(=O)cc(C)n1CC(C)(C)C#N. The average Bonchev–Trinajstić information content (AvgIpc) is 2.11. The summed E-state index contributed by atoms with van der Waals surface area (Å²) in [5.41, 5.74) is 1.42. The molecule has 1 heterocycles. The number of pyridine rings is 1. The molecule has 0 unspecified atom stereocenters. The molecule has 0 aliphatic heterocycles. The quantitative estimate of drug-likeness (QED) is 0.739. The maximum atomic E-state index is 11.2. The van der Waals surface area contributed by atoms with E-state index in [1.54, 1.807) is 12.1 Å². The number of rotatable bonds is 2. The summed E-state index contributed by atoms with van der Waals surface area (Å²) in [7, 11) is 0. The topological polar surface area (TPSA) is 45.8 Å². The molecule has 3 nitrogen and oxygen atoms in total. The lowest BCUT2D eigenvalue weighted by Gasteiger charge is -2.21. The van der Waals surface area contributed by atoms with Crippen molar-refractivity contribution in [2.75, 3.05) is 0 Å². The van der Waals surface area contributed by atoms with Gasteiger partial charge in [-0.2, -0.15) is 5.26 Å². The first-order chi connectivity index (χ1) is 6.85. The lowest BCUT2D eigenvalue weighted by molar-refractivity contribution is 0.398. The van der Waals surface area contributed by atoms with E-state index < -0.39 is 5.41 Å². The van der Waals surface area contributed by atoms with Crippen LogP contribution in [0.2, 0.25) is 0 Å². The fourth-order valence-electron chi connectivity index (χ4n) is 1.57. The van der Waals surface area contributed by atoms with E-state index in [9.17, 15) is 4.79 Å². The van der Waals surface area contributed by atoms with Crippen molar-refractivity contribution in [2.45, 2.75) is 34.2 Å². The minimum Gasteiger partial charge on any atom is -0.347 e. The Bertz CT molecular complexity index is 437. The molecule has 0 bridgehead atoms. The molecule has 0 aliphatic carbocycles. The number of aromatic nitrogens is 1. The van der Waals surface area contributed by atoms with Gasteiger partial charge in [-0.25, -0.2) is 0 Å². The molecular formula is C12H16N2O. The third kappa shape index (κ3) is 2.69. The van der Waals surface area contributed by atoms with E-state index in [0.717, 1.165) is 11.4 Å². The van der Waals surface area contributed by atoms with Gasteiger partial charge in [-0.3, -0.25) is 4.79 Å². The summed E-state index contributed by atoms with van der Waals surface area (Å²) >= 11 is 0. The summed E-state index contributed by atoms with van der Waals surface area (Å²) in [5, 5.41) is 8.97. The van der Waals surface area contributed by atoms with E-state index in [1.165, 1.54) is 0 Å². The van der Waals surface area contributed by atoms with Crippen LogP contribution in [0, 0.1) is 30.6 Å². The summed E-state index contributed by atoms with van der Waals surface area (Å²) in [4.78, 5) is 11.2. The largest absolute Gasteiger partial charge is 0.347 e. The summed E-state index contributed by atoms with van der Waals surface area (Å²) in [6.07, 6.45) is 0. The Labute approximate surface area is 90.0 Å². The van der Waals surface area contributed by atoms with E-state index in [4.69, 9.17) is 5.26 Å². The third-order valence-electron chi connectivity index (χ3n) is 2.41. The normalized spacial score (nSPS) is 11.1. The van der Waals surface area contributed by atoms with Gasteiger partial charge in [0, 0.05) is 30.1 Å².